The van der Waals surface area contributed by atoms with Crippen LogP contribution in [0.4, 0.5) is 0 Å². The fourth-order valence-corrected chi connectivity index (χ4v) is 6.29. The lowest BCUT2D eigenvalue weighted by atomic mass is 10.0. The maximum atomic E-state index is 2.48. The molecule has 0 aromatic carbocycles. The number of hydrogen-bond acceptors (Lipinski definition) is 0. The molecule has 4 atom stereocenters. The molecule has 148 valence electrons. The minimum Gasteiger partial charge on any atom is -0.323 e. The Morgan fingerprint density at radius 3 is 1.12 bits per heavy atom. The van der Waals surface area contributed by atoms with Crippen LogP contribution in [0.25, 0.3) is 0 Å². The van der Waals surface area contributed by atoms with E-state index in [4.69, 9.17) is 0 Å². The van der Waals surface area contributed by atoms with Gasteiger partial charge >= 0.3 is 0 Å². The van der Waals surface area contributed by atoms with Crippen LogP contribution in [0.5, 0.6) is 0 Å². The molecule has 0 radical (unpaired) electrons. The lowest BCUT2D eigenvalue weighted by Crippen LogP contribution is -2.48. The average Bonchev–Trinajstić information content (AvgIpc) is 2.97. The summed E-state index contributed by atoms with van der Waals surface area (Å²) in [6.07, 6.45) is 7.07. The molecule has 25 heavy (non-hydrogen) atoms. The van der Waals surface area contributed by atoms with Gasteiger partial charge in [-0.15, -0.1) is 0 Å². The predicted octanol–water partition coefficient (Wildman–Crippen LogP) is 5.18. The molecular weight excluding hydrogens is 304 g/mol. The fraction of sp³-hybridized carbons (Fsp3) is 1.00. The molecule has 0 bridgehead atoms. The molecule has 0 saturated carbocycles. The van der Waals surface area contributed by atoms with Crippen molar-refractivity contribution in [1.29, 1.82) is 0 Å². The van der Waals surface area contributed by atoms with Crippen molar-refractivity contribution in [2.45, 2.75) is 73.6 Å². The fourth-order valence-electron chi connectivity index (χ4n) is 6.29. The van der Waals surface area contributed by atoms with Gasteiger partial charge in [-0.25, -0.2) is 0 Å². The summed E-state index contributed by atoms with van der Waals surface area (Å²) in [6.45, 7) is 26.2. The van der Waals surface area contributed by atoms with E-state index in [0.717, 1.165) is 23.7 Å². The molecule has 4 unspecified atom stereocenters. The zero-order valence-corrected chi connectivity index (χ0v) is 18.4. The van der Waals surface area contributed by atoms with Crippen molar-refractivity contribution in [3.8, 4) is 0 Å². The Hall–Kier alpha value is -0.0800. The number of nitrogens with zero attached hydrogens (tertiary/aromatic N) is 2. The summed E-state index contributed by atoms with van der Waals surface area (Å²) in [4.78, 5) is 0. The molecule has 2 heteroatoms. The topological polar surface area (TPSA) is 0 Å². The average molecular weight is 353 g/mol. The van der Waals surface area contributed by atoms with Crippen LogP contribution in [0.2, 0.25) is 0 Å². The highest BCUT2D eigenvalue weighted by molar-refractivity contribution is 4.71. The second-order valence-electron chi connectivity index (χ2n) is 10.3. The van der Waals surface area contributed by atoms with Crippen LogP contribution in [-0.2, 0) is 0 Å². The first-order valence-corrected chi connectivity index (χ1v) is 11.6. The maximum absolute atomic E-state index is 2.48. The Morgan fingerprint density at radius 1 is 0.520 bits per heavy atom. The molecule has 2 fully saturated rings. The number of unbranched alkanes of at least 4 members (excludes halogenated alkanes) is 2. The third kappa shape index (κ3) is 5.45. The van der Waals surface area contributed by atoms with Crippen LogP contribution in [0, 0.1) is 23.7 Å². The Labute approximate surface area is 159 Å². The highest BCUT2D eigenvalue weighted by Crippen LogP contribution is 2.32. The first kappa shape index (κ1) is 21.2. The number of hydrogen-bond donors (Lipinski definition) is 0. The van der Waals surface area contributed by atoms with E-state index in [1.807, 2.05) is 0 Å². The molecule has 2 aliphatic rings. The predicted molar refractivity (Wildman–Crippen MR) is 111 cm³/mol. The molecule has 2 aliphatic heterocycles. The van der Waals surface area contributed by atoms with Gasteiger partial charge in [0.05, 0.1) is 52.4 Å². The van der Waals surface area contributed by atoms with Crippen LogP contribution < -0.4 is 0 Å². The molecule has 0 N–H and O–H groups in total. The van der Waals surface area contributed by atoms with E-state index in [9.17, 15) is 0 Å². The first-order chi connectivity index (χ1) is 11.9. The van der Waals surface area contributed by atoms with Crippen molar-refractivity contribution in [2.24, 2.45) is 23.7 Å². The lowest BCUT2D eigenvalue weighted by molar-refractivity contribution is -0.921. The minimum absolute atomic E-state index is 0.928. The van der Waals surface area contributed by atoms with E-state index in [0.29, 0.717) is 0 Å². The largest absolute Gasteiger partial charge is 0.323 e. The van der Waals surface area contributed by atoms with E-state index in [-0.39, 0.29) is 0 Å². The zero-order chi connectivity index (χ0) is 18.5. The molecular formula is C23H48N2+2. The van der Waals surface area contributed by atoms with Gasteiger partial charge in [-0.2, -0.15) is 0 Å². The molecule has 0 aliphatic carbocycles. The third-order valence-corrected chi connectivity index (χ3v) is 7.80. The highest BCUT2D eigenvalue weighted by Gasteiger charge is 2.41. The summed E-state index contributed by atoms with van der Waals surface area (Å²) in [5.74, 6) is 3.71. The van der Waals surface area contributed by atoms with Gasteiger partial charge in [0.2, 0.25) is 0 Å². The lowest BCUT2D eigenvalue weighted by Gasteiger charge is -2.36. The van der Waals surface area contributed by atoms with Crippen LogP contribution in [-0.4, -0.2) is 61.3 Å². The van der Waals surface area contributed by atoms with Crippen molar-refractivity contribution in [3.05, 3.63) is 0 Å². The van der Waals surface area contributed by atoms with E-state index in [1.54, 1.807) is 0 Å². The molecule has 2 nitrogen and oxygen atoms in total. The van der Waals surface area contributed by atoms with E-state index >= 15 is 0 Å². The number of rotatable bonds is 10. The van der Waals surface area contributed by atoms with E-state index in [2.05, 4.69) is 41.5 Å². The monoisotopic (exact) mass is 352 g/mol. The van der Waals surface area contributed by atoms with Gasteiger partial charge in [0.25, 0.3) is 0 Å². The second kappa shape index (κ2) is 9.22. The van der Waals surface area contributed by atoms with Crippen LogP contribution >= 0.6 is 0 Å². The number of quaternary nitrogens is 2. The second-order valence-corrected chi connectivity index (χ2v) is 10.3. The van der Waals surface area contributed by atoms with Crippen LogP contribution in [0.3, 0.4) is 0 Å². The normalized spacial score (nSPS) is 41.5. The summed E-state index contributed by atoms with van der Waals surface area (Å²) in [5.41, 5.74) is 0. The van der Waals surface area contributed by atoms with Crippen LogP contribution in [0.15, 0.2) is 0 Å². The standard InChI is InChI=1S/C23H48N2/c1-7-12-24(16-20(3)21(4)17-24)14-10-9-11-15-25(13-8-2)18-22(5)23(6)19-25/h20-23H,7-19H2,1-6H3/q+2. The summed E-state index contributed by atoms with van der Waals surface area (Å²) in [7, 11) is 0. The Kier molecular flexibility index (Phi) is 7.83. The summed E-state index contributed by atoms with van der Waals surface area (Å²) in [6, 6.07) is 0. The maximum Gasteiger partial charge on any atom is 0.0817 e. The molecule has 0 aromatic rings. The van der Waals surface area contributed by atoms with Crippen molar-refractivity contribution in [1.82, 2.24) is 0 Å². The van der Waals surface area contributed by atoms with Gasteiger partial charge in [-0.05, 0) is 32.1 Å². The Bertz CT molecular complexity index is 336. The Balaban J connectivity index is 1.76. The van der Waals surface area contributed by atoms with Crippen LogP contribution in [0.1, 0.15) is 73.6 Å². The quantitative estimate of drug-likeness (QED) is 0.375. The molecule has 0 aromatic heterocycles. The minimum atomic E-state index is 0.928. The summed E-state index contributed by atoms with van der Waals surface area (Å²) < 4.78 is 2.86. The molecule has 2 heterocycles. The van der Waals surface area contributed by atoms with Gasteiger partial charge in [0, 0.05) is 23.7 Å². The number of likely N-dealkylation sites (tertiary alicyclic amines) is 2. The van der Waals surface area contributed by atoms with Gasteiger partial charge in [0.1, 0.15) is 0 Å². The smallest absolute Gasteiger partial charge is 0.0817 e. The van der Waals surface area contributed by atoms with Gasteiger partial charge in [-0.3, -0.25) is 0 Å². The van der Waals surface area contributed by atoms with Gasteiger partial charge < -0.3 is 8.97 Å². The molecule has 2 rings (SSSR count). The zero-order valence-electron chi connectivity index (χ0n) is 18.4. The third-order valence-electron chi connectivity index (χ3n) is 7.80. The molecule has 0 amide bonds. The Morgan fingerprint density at radius 2 is 0.840 bits per heavy atom. The van der Waals surface area contributed by atoms with E-state index < -0.39 is 0 Å². The summed E-state index contributed by atoms with van der Waals surface area (Å²) >= 11 is 0. The van der Waals surface area contributed by atoms with Crippen molar-refractivity contribution in [3.63, 3.8) is 0 Å². The van der Waals surface area contributed by atoms with Gasteiger partial charge in [0.15, 0.2) is 0 Å². The first-order valence-electron chi connectivity index (χ1n) is 11.6. The molecule has 2 saturated heterocycles. The van der Waals surface area contributed by atoms with Gasteiger partial charge in [-0.1, -0.05) is 41.5 Å². The van der Waals surface area contributed by atoms with Crippen molar-refractivity contribution < 1.29 is 8.97 Å². The SMILES string of the molecule is CCC[N+]1(CCCCC[N+]2(CCC)CC(C)C(C)C2)CC(C)C(C)C1. The highest BCUT2D eigenvalue weighted by atomic mass is 15.4. The summed E-state index contributed by atoms with van der Waals surface area (Å²) in [5, 5.41) is 0. The van der Waals surface area contributed by atoms with E-state index in [1.165, 1.54) is 93.4 Å². The van der Waals surface area contributed by atoms with Crippen molar-refractivity contribution in [2.75, 3.05) is 52.4 Å². The molecule has 0 spiro atoms. The van der Waals surface area contributed by atoms with Crippen molar-refractivity contribution >= 4 is 0 Å².